The number of ether oxygens (including phenoxy) is 2. The van der Waals surface area contributed by atoms with Gasteiger partial charge in [-0.15, -0.1) is 0 Å². The molecule has 1 aliphatic carbocycles. The van der Waals surface area contributed by atoms with Gasteiger partial charge in [-0.1, -0.05) is 54.6 Å². The lowest BCUT2D eigenvalue weighted by molar-refractivity contribution is -0.128. The van der Waals surface area contributed by atoms with E-state index in [0.717, 1.165) is 61.3 Å². The average Bonchev–Trinajstić information content (AvgIpc) is 3.50. The summed E-state index contributed by atoms with van der Waals surface area (Å²) in [6, 6.07) is 26.2. The van der Waals surface area contributed by atoms with E-state index >= 15 is 0 Å². The van der Waals surface area contributed by atoms with E-state index in [0.29, 0.717) is 25.2 Å². The molecule has 2 aliphatic rings. The highest BCUT2D eigenvalue weighted by Crippen LogP contribution is 2.60. The summed E-state index contributed by atoms with van der Waals surface area (Å²) in [6.07, 6.45) is 3.17. The second-order valence-corrected chi connectivity index (χ2v) is 11.3. The van der Waals surface area contributed by atoms with Crippen molar-refractivity contribution < 1.29 is 24.2 Å². The normalized spacial score (nSPS) is 22.7. The second-order valence-electron chi connectivity index (χ2n) is 11.3. The van der Waals surface area contributed by atoms with Crippen LogP contribution in [0.15, 0.2) is 78.9 Å². The Hall–Kier alpha value is -4.05. The topological polar surface area (TPSA) is 115 Å². The number of imidazole rings is 1. The molecule has 0 radical (unpaired) electrons. The number of aldehydes is 1. The Balaban J connectivity index is 1.03. The van der Waals surface area contributed by atoms with E-state index in [1.807, 2.05) is 41.0 Å². The third-order valence-electron chi connectivity index (χ3n) is 8.44. The number of Topliss-reactive ketones (excluding diaryl/α,β-unsaturated/α-hetero) is 1. The smallest absolute Gasteiger partial charge is 0.204 e. The lowest BCUT2D eigenvalue weighted by atomic mass is 9.97. The molecule has 3 N–H and O–H groups in total. The first-order valence-corrected chi connectivity index (χ1v) is 15.1. The number of rotatable bonds is 15. The summed E-state index contributed by atoms with van der Waals surface area (Å²) in [7, 11) is 0. The fourth-order valence-corrected chi connectivity index (χ4v) is 6.12. The van der Waals surface area contributed by atoms with Crippen LogP contribution < -0.4 is 10.6 Å². The zero-order valence-electron chi connectivity index (χ0n) is 24.2. The van der Waals surface area contributed by atoms with Crippen LogP contribution in [-0.2, 0) is 32.0 Å². The van der Waals surface area contributed by atoms with Gasteiger partial charge in [0.25, 0.3) is 0 Å². The largest absolute Gasteiger partial charge is 0.393 e. The first kappa shape index (κ1) is 29.0. The van der Waals surface area contributed by atoms with E-state index in [1.165, 1.54) is 5.56 Å². The number of carbonyl (C=O) groups is 2. The molecule has 4 unspecified atom stereocenters. The number of benzene rings is 3. The van der Waals surface area contributed by atoms with Crippen molar-refractivity contribution in [2.45, 2.75) is 50.0 Å². The molecule has 0 amide bonds. The van der Waals surface area contributed by atoms with Gasteiger partial charge < -0.3 is 34.6 Å². The van der Waals surface area contributed by atoms with Crippen molar-refractivity contribution >= 4 is 34.7 Å². The molecule has 2 heterocycles. The maximum Gasteiger partial charge on any atom is 0.204 e. The van der Waals surface area contributed by atoms with Gasteiger partial charge >= 0.3 is 0 Å². The van der Waals surface area contributed by atoms with Crippen LogP contribution in [0.4, 0.5) is 11.6 Å². The molecule has 1 saturated heterocycles. The molecule has 1 spiro atoms. The number of para-hydroxylation sites is 2. The molecule has 224 valence electrons. The average molecular weight is 583 g/mol. The van der Waals surface area contributed by atoms with Gasteiger partial charge in [-0.25, -0.2) is 4.98 Å². The summed E-state index contributed by atoms with van der Waals surface area (Å²) in [6.45, 7) is 2.48. The molecule has 4 atom stereocenters. The molecule has 0 bridgehead atoms. The Labute approximate surface area is 251 Å². The summed E-state index contributed by atoms with van der Waals surface area (Å²) in [5, 5.41) is 16.6. The number of fused-ring (bicyclic) bond motifs is 1. The maximum absolute atomic E-state index is 12.7. The molecular formula is C34H38N4O5. The Morgan fingerprint density at radius 3 is 2.65 bits per heavy atom. The first-order valence-electron chi connectivity index (χ1n) is 15.1. The Bertz CT molecular complexity index is 1560. The minimum Gasteiger partial charge on any atom is -0.393 e. The van der Waals surface area contributed by atoms with Crippen LogP contribution in [0.3, 0.4) is 0 Å². The highest BCUT2D eigenvalue weighted by Gasteiger charge is 2.70. The van der Waals surface area contributed by atoms with Crippen molar-refractivity contribution in [2.75, 3.05) is 37.0 Å². The fraction of sp³-hybridized carbons (Fsp3) is 0.382. The van der Waals surface area contributed by atoms with E-state index in [-0.39, 0.29) is 11.8 Å². The van der Waals surface area contributed by atoms with Crippen molar-refractivity contribution in [1.29, 1.82) is 0 Å². The van der Waals surface area contributed by atoms with E-state index < -0.39 is 24.2 Å². The van der Waals surface area contributed by atoms with Crippen LogP contribution in [0.2, 0.25) is 0 Å². The number of aromatic nitrogens is 2. The minimum absolute atomic E-state index is 0.242. The molecule has 6 rings (SSSR count). The van der Waals surface area contributed by atoms with Crippen LogP contribution in [-0.4, -0.2) is 64.8 Å². The number of carbonyl (C=O) groups excluding carboxylic acids is 2. The lowest BCUT2D eigenvalue weighted by Gasteiger charge is -2.17. The summed E-state index contributed by atoms with van der Waals surface area (Å²) in [5.41, 5.74) is 4.23. The zero-order chi connectivity index (χ0) is 29.6. The van der Waals surface area contributed by atoms with Crippen LogP contribution in [0, 0.1) is 5.92 Å². The van der Waals surface area contributed by atoms with Crippen molar-refractivity contribution in [3.05, 3.63) is 90.0 Å². The van der Waals surface area contributed by atoms with Gasteiger partial charge in [-0.2, -0.15) is 0 Å². The molecule has 43 heavy (non-hydrogen) atoms. The zero-order valence-corrected chi connectivity index (χ0v) is 24.2. The van der Waals surface area contributed by atoms with E-state index in [4.69, 9.17) is 14.5 Å². The predicted molar refractivity (Wildman–Crippen MR) is 165 cm³/mol. The number of nitrogens with one attached hydrogen (secondary N) is 2. The van der Waals surface area contributed by atoms with Gasteiger partial charge in [0, 0.05) is 31.8 Å². The number of hydrogen-bond donors (Lipinski definition) is 3. The minimum atomic E-state index is -0.964. The van der Waals surface area contributed by atoms with Crippen molar-refractivity contribution in [2.24, 2.45) is 5.92 Å². The SMILES string of the molecule is O=CC1C(=O)C(CO)OC12CC2n1c(NCc2cccc(NCCCCOCCc3ccccc3)c2)nc2ccccc21. The van der Waals surface area contributed by atoms with E-state index in [1.54, 1.807) is 0 Å². The van der Waals surface area contributed by atoms with Crippen LogP contribution in [0.25, 0.3) is 11.0 Å². The molecule has 1 aromatic heterocycles. The van der Waals surface area contributed by atoms with Crippen molar-refractivity contribution in [3.8, 4) is 0 Å². The van der Waals surface area contributed by atoms with Crippen molar-refractivity contribution in [1.82, 2.24) is 9.55 Å². The molecule has 3 aromatic carbocycles. The van der Waals surface area contributed by atoms with Crippen LogP contribution in [0.5, 0.6) is 0 Å². The number of anilines is 2. The third-order valence-corrected chi connectivity index (χ3v) is 8.44. The third kappa shape index (κ3) is 6.20. The Morgan fingerprint density at radius 2 is 1.81 bits per heavy atom. The monoisotopic (exact) mass is 582 g/mol. The number of unbranched alkanes of at least 4 members (excludes halogenated alkanes) is 1. The summed E-state index contributed by atoms with van der Waals surface area (Å²) in [4.78, 5) is 29.4. The molecule has 9 heteroatoms. The number of hydrogen-bond acceptors (Lipinski definition) is 8. The fourth-order valence-electron chi connectivity index (χ4n) is 6.12. The molecular weight excluding hydrogens is 544 g/mol. The molecule has 9 nitrogen and oxygen atoms in total. The van der Waals surface area contributed by atoms with Crippen molar-refractivity contribution in [3.63, 3.8) is 0 Å². The van der Waals surface area contributed by atoms with Crippen LogP contribution >= 0.6 is 0 Å². The van der Waals surface area contributed by atoms with Gasteiger partial charge in [0.2, 0.25) is 5.95 Å². The summed E-state index contributed by atoms with van der Waals surface area (Å²) in [5.74, 6) is -0.590. The molecule has 4 aromatic rings. The number of aliphatic hydroxyl groups excluding tert-OH is 1. The van der Waals surface area contributed by atoms with Crippen LogP contribution in [0.1, 0.15) is 36.4 Å². The molecule has 1 aliphatic heterocycles. The van der Waals surface area contributed by atoms with E-state index in [2.05, 4.69) is 53.1 Å². The quantitative estimate of drug-likeness (QED) is 0.106. The van der Waals surface area contributed by atoms with Gasteiger partial charge in [0.05, 0.1) is 30.3 Å². The summed E-state index contributed by atoms with van der Waals surface area (Å²) >= 11 is 0. The van der Waals surface area contributed by atoms with E-state index in [9.17, 15) is 14.7 Å². The predicted octanol–water partition coefficient (Wildman–Crippen LogP) is 4.56. The summed E-state index contributed by atoms with van der Waals surface area (Å²) < 4.78 is 13.9. The highest BCUT2D eigenvalue weighted by atomic mass is 16.5. The number of ketones is 1. The molecule has 2 fully saturated rings. The Morgan fingerprint density at radius 1 is 1.00 bits per heavy atom. The van der Waals surface area contributed by atoms with Gasteiger partial charge in [0.1, 0.15) is 23.9 Å². The number of aliphatic hydroxyl groups is 1. The molecule has 1 saturated carbocycles. The highest BCUT2D eigenvalue weighted by molar-refractivity contribution is 6.00. The Kier molecular flexibility index (Phi) is 8.83. The maximum atomic E-state index is 12.7. The van der Waals surface area contributed by atoms with Gasteiger partial charge in [-0.3, -0.25) is 4.79 Å². The second kappa shape index (κ2) is 13.1. The standard InChI is InChI=1S/C34H38N4O5/c39-22-27-32(41)30(23-40)43-34(27)20-31(34)38-29-14-5-4-13-28(29)37-33(38)36-21-25-11-8-12-26(19-25)35-16-6-7-17-42-18-15-24-9-2-1-3-10-24/h1-5,8-14,19,22,27,30-31,35,40H,6-7,15-18,20-21,23H2,(H,36,37). The number of nitrogens with zero attached hydrogens (tertiary/aromatic N) is 2. The lowest BCUT2D eigenvalue weighted by Crippen LogP contribution is -2.27. The van der Waals surface area contributed by atoms with Gasteiger partial charge in [0.15, 0.2) is 5.78 Å². The first-order chi connectivity index (χ1) is 21.1. The van der Waals surface area contributed by atoms with Gasteiger partial charge in [-0.05, 0) is 54.7 Å².